The number of allylic oxidation sites excluding steroid dienone is 1. The second-order valence-corrected chi connectivity index (χ2v) is 10.1. The third-order valence-corrected chi connectivity index (χ3v) is 7.79. The molecule has 2 aliphatic heterocycles. The lowest BCUT2D eigenvalue weighted by molar-refractivity contribution is -0.142. The minimum atomic E-state index is -0.173. The van der Waals surface area contributed by atoms with Crippen molar-refractivity contribution in [2.45, 2.75) is 33.1 Å². The Labute approximate surface area is 188 Å². The molecule has 1 unspecified atom stereocenters. The molecule has 1 atom stereocenters. The van der Waals surface area contributed by atoms with E-state index in [4.69, 9.17) is 4.42 Å². The summed E-state index contributed by atoms with van der Waals surface area (Å²) in [4.78, 5) is 33.7. The maximum absolute atomic E-state index is 12.9. The summed E-state index contributed by atoms with van der Waals surface area (Å²) in [5.74, 6) is 1.50. The van der Waals surface area contributed by atoms with Gasteiger partial charge < -0.3 is 19.5 Å². The van der Waals surface area contributed by atoms with Gasteiger partial charge in [-0.15, -0.1) is 0 Å². The van der Waals surface area contributed by atoms with Gasteiger partial charge in [0.15, 0.2) is 11.3 Å². The van der Waals surface area contributed by atoms with Crippen LogP contribution in [0, 0.1) is 23.2 Å². The molecule has 3 fully saturated rings. The Morgan fingerprint density at radius 1 is 1.28 bits per heavy atom. The van der Waals surface area contributed by atoms with E-state index in [0.29, 0.717) is 41.0 Å². The van der Waals surface area contributed by atoms with E-state index in [1.54, 1.807) is 18.5 Å². The van der Waals surface area contributed by atoms with Crippen molar-refractivity contribution < 1.29 is 14.0 Å². The van der Waals surface area contributed by atoms with Crippen LogP contribution >= 0.6 is 0 Å². The second-order valence-electron chi connectivity index (χ2n) is 10.1. The molecule has 1 N–H and O–H groups in total. The van der Waals surface area contributed by atoms with Crippen LogP contribution in [-0.2, 0) is 4.79 Å². The number of piperidine rings is 1. The molecule has 32 heavy (non-hydrogen) atoms. The normalized spacial score (nSPS) is 22.3. The molecule has 0 bridgehead atoms. The van der Waals surface area contributed by atoms with Crippen molar-refractivity contribution in [2.24, 2.45) is 23.2 Å². The smallest absolute Gasteiger partial charge is 0.287 e. The highest BCUT2D eigenvalue weighted by atomic mass is 16.3. The van der Waals surface area contributed by atoms with E-state index in [9.17, 15) is 9.59 Å². The maximum atomic E-state index is 12.9. The van der Waals surface area contributed by atoms with E-state index in [-0.39, 0.29) is 11.8 Å². The van der Waals surface area contributed by atoms with Crippen LogP contribution in [0.1, 0.15) is 43.7 Å². The van der Waals surface area contributed by atoms with Crippen molar-refractivity contribution in [1.82, 2.24) is 20.1 Å². The highest BCUT2D eigenvalue weighted by Crippen LogP contribution is 2.59. The van der Waals surface area contributed by atoms with Gasteiger partial charge in [0.2, 0.25) is 5.91 Å². The molecule has 170 valence electrons. The minimum Gasteiger partial charge on any atom is -0.449 e. The average Bonchev–Trinajstić information content (AvgIpc) is 3.23. The lowest BCUT2D eigenvalue weighted by Crippen LogP contribution is -2.55. The second kappa shape index (κ2) is 7.94. The van der Waals surface area contributed by atoms with Crippen molar-refractivity contribution in [2.75, 3.05) is 32.7 Å². The van der Waals surface area contributed by atoms with Gasteiger partial charge in [-0.1, -0.05) is 20.4 Å². The molecule has 0 radical (unpaired) electrons. The van der Waals surface area contributed by atoms with Crippen LogP contribution in [-0.4, -0.2) is 59.3 Å². The summed E-state index contributed by atoms with van der Waals surface area (Å²) in [5.41, 5.74) is 2.05. The summed E-state index contributed by atoms with van der Waals surface area (Å²) >= 11 is 0. The van der Waals surface area contributed by atoms with E-state index in [2.05, 4.69) is 40.5 Å². The number of aromatic nitrogens is 1. The fourth-order valence-electron chi connectivity index (χ4n) is 5.30. The van der Waals surface area contributed by atoms with Gasteiger partial charge in [-0.3, -0.25) is 14.6 Å². The highest BCUT2D eigenvalue weighted by Gasteiger charge is 2.55. The summed E-state index contributed by atoms with van der Waals surface area (Å²) in [6.45, 7) is 12.4. The summed E-state index contributed by atoms with van der Waals surface area (Å²) in [6, 6.07) is 3.60. The zero-order valence-electron chi connectivity index (χ0n) is 19.0. The number of carbonyl (C=O) groups excluding carboxylic acids is 2. The number of rotatable bonds is 6. The van der Waals surface area contributed by atoms with Crippen molar-refractivity contribution >= 4 is 22.8 Å². The Balaban J connectivity index is 1.07. The van der Waals surface area contributed by atoms with Crippen LogP contribution in [0.5, 0.6) is 0 Å². The third kappa shape index (κ3) is 3.78. The number of amides is 2. The maximum Gasteiger partial charge on any atom is 0.287 e. The van der Waals surface area contributed by atoms with Gasteiger partial charge >= 0.3 is 0 Å². The molecular weight excluding hydrogens is 404 g/mol. The Hall–Kier alpha value is -2.83. The summed E-state index contributed by atoms with van der Waals surface area (Å²) in [6.07, 6.45) is 6.51. The highest BCUT2D eigenvalue weighted by molar-refractivity contribution is 5.95. The first-order chi connectivity index (χ1) is 15.4. The zero-order chi connectivity index (χ0) is 22.5. The molecule has 5 rings (SSSR count). The van der Waals surface area contributed by atoms with Crippen molar-refractivity contribution in [1.29, 1.82) is 0 Å². The van der Waals surface area contributed by atoms with Gasteiger partial charge in [0.1, 0.15) is 0 Å². The molecule has 2 saturated heterocycles. The lowest BCUT2D eigenvalue weighted by atomic mass is 9.89. The Kier molecular flexibility index (Phi) is 5.22. The zero-order valence-corrected chi connectivity index (χ0v) is 19.0. The molecule has 1 spiro atoms. The number of fused-ring (bicyclic) bond motifs is 1. The van der Waals surface area contributed by atoms with Crippen LogP contribution in [0.4, 0.5) is 0 Å². The number of hydrogen-bond donors (Lipinski definition) is 1. The van der Waals surface area contributed by atoms with Crippen LogP contribution in [0.3, 0.4) is 0 Å². The van der Waals surface area contributed by atoms with Gasteiger partial charge in [-0.2, -0.15) is 0 Å². The van der Waals surface area contributed by atoms with Crippen LogP contribution in [0.25, 0.3) is 11.0 Å². The van der Waals surface area contributed by atoms with E-state index < -0.39 is 0 Å². The van der Waals surface area contributed by atoms with Gasteiger partial charge in [0.25, 0.3) is 5.91 Å². The molecule has 1 saturated carbocycles. The SMILES string of the molecule is C=C(C(C)C)N1CC(C(=O)N2CCC3(CC2)CC3CNC(=O)c2cc3ccncc3o2)C1. The topological polar surface area (TPSA) is 78.7 Å². The predicted molar refractivity (Wildman–Crippen MR) is 122 cm³/mol. The summed E-state index contributed by atoms with van der Waals surface area (Å²) in [7, 11) is 0. The van der Waals surface area contributed by atoms with E-state index >= 15 is 0 Å². The summed E-state index contributed by atoms with van der Waals surface area (Å²) < 4.78 is 5.61. The number of furan rings is 1. The van der Waals surface area contributed by atoms with Gasteiger partial charge in [0.05, 0.1) is 12.1 Å². The van der Waals surface area contributed by atoms with Crippen LogP contribution in [0.2, 0.25) is 0 Å². The van der Waals surface area contributed by atoms with Gasteiger partial charge in [-0.05, 0) is 48.6 Å². The molecule has 2 aromatic rings. The quantitative estimate of drug-likeness (QED) is 0.752. The molecule has 2 aromatic heterocycles. The van der Waals surface area contributed by atoms with E-state index in [0.717, 1.165) is 56.5 Å². The first-order valence-electron chi connectivity index (χ1n) is 11.7. The van der Waals surface area contributed by atoms with Crippen molar-refractivity contribution in [3.63, 3.8) is 0 Å². The monoisotopic (exact) mass is 436 g/mol. The number of nitrogens with zero attached hydrogens (tertiary/aromatic N) is 3. The Bertz CT molecular complexity index is 1010. The molecule has 7 heteroatoms. The molecule has 4 heterocycles. The molecular formula is C25H32N4O3. The number of hydrogen-bond acceptors (Lipinski definition) is 5. The molecule has 2 amide bonds. The van der Waals surface area contributed by atoms with E-state index in [1.165, 1.54) is 0 Å². The number of carbonyl (C=O) groups is 2. The van der Waals surface area contributed by atoms with Crippen molar-refractivity contribution in [3.8, 4) is 0 Å². The Morgan fingerprint density at radius 2 is 2.03 bits per heavy atom. The van der Waals surface area contributed by atoms with Crippen LogP contribution in [0.15, 0.2) is 41.2 Å². The number of nitrogens with one attached hydrogen (secondary N) is 1. The molecule has 3 aliphatic rings. The average molecular weight is 437 g/mol. The summed E-state index contributed by atoms with van der Waals surface area (Å²) in [5, 5.41) is 3.92. The first kappa shape index (κ1) is 21.0. The fourth-order valence-corrected chi connectivity index (χ4v) is 5.30. The predicted octanol–water partition coefficient (Wildman–Crippen LogP) is 3.29. The number of likely N-dealkylation sites (tertiary alicyclic amines) is 2. The largest absolute Gasteiger partial charge is 0.449 e. The Morgan fingerprint density at radius 3 is 2.72 bits per heavy atom. The molecule has 1 aliphatic carbocycles. The van der Waals surface area contributed by atoms with Gasteiger partial charge in [-0.25, -0.2) is 0 Å². The number of pyridine rings is 1. The lowest BCUT2D eigenvalue weighted by Gasteiger charge is -2.45. The third-order valence-electron chi connectivity index (χ3n) is 7.79. The van der Waals surface area contributed by atoms with E-state index in [1.807, 2.05) is 6.07 Å². The van der Waals surface area contributed by atoms with Crippen LogP contribution < -0.4 is 5.32 Å². The van der Waals surface area contributed by atoms with Crippen molar-refractivity contribution in [3.05, 3.63) is 42.6 Å². The minimum absolute atomic E-state index is 0.118. The standard InChI is InChI=1S/C25H32N4O3/c1-16(2)17(3)29-14-19(15-29)24(31)28-8-5-25(6-9-28)11-20(25)12-27-23(30)21-10-18-4-7-26-13-22(18)32-21/h4,7,10,13,16,19-20H,3,5-6,8-9,11-12,14-15H2,1-2H3,(H,27,30). The molecule has 0 aromatic carbocycles. The van der Waals surface area contributed by atoms with Gasteiger partial charge in [0, 0.05) is 50.0 Å². The molecule has 7 nitrogen and oxygen atoms in total. The fraction of sp³-hybridized carbons (Fsp3) is 0.560. The first-order valence-corrected chi connectivity index (χ1v) is 11.7.